The van der Waals surface area contributed by atoms with Crippen molar-refractivity contribution >= 4 is 5.65 Å². The number of imidazole rings is 1. The summed E-state index contributed by atoms with van der Waals surface area (Å²) in [4.78, 5) is 18.3. The average Bonchev–Trinajstić information content (AvgIpc) is 2.79. The highest BCUT2D eigenvalue weighted by atomic mass is 16.3. The van der Waals surface area contributed by atoms with E-state index in [1.54, 1.807) is 36.8 Å². The Bertz CT molecular complexity index is 743. The normalized spacial score (nSPS) is 10.8. The molecule has 0 amide bonds. The van der Waals surface area contributed by atoms with Gasteiger partial charge in [-0.2, -0.15) is 0 Å². The van der Waals surface area contributed by atoms with E-state index in [9.17, 15) is 9.90 Å². The zero-order valence-corrected chi connectivity index (χ0v) is 8.79. The van der Waals surface area contributed by atoms with E-state index in [1.807, 2.05) is 6.07 Å². The first kappa shape index (κ1) is 9.65. The van der Waals surface area contributed by atoms with Crippen molar-refractivity contribution in [2.24, 2.45) is 0 Å². The third-order valence-corrected chi connectivity index (χ3v) is 2.60. The maximum absolute atomic E-state index is 11.5. The molecule has 0 aliphatic carbocycles. The number of hydrogen-bond acceptors (Lipinski definition) is 3. The van der Waals surface area contributed by atoms with Gasteiger partial charge >= 0.3 is 5.69 Å². The van der Waals surface area contributed by atoms with E-state index in [4.69, 9.17) is 0 Å². The Labute approximate surface area is 96.0 Å². The molecule has 0 aliphatic heterocycles. The molecule has 3 rings (SSSR count). The van der Waals surface area contributed by atoms with Crippen LogP contribution in [0.4, 0.5) is 0 Å². The zero-order chi connectivity index (χ0) is 11.8. The van der Waals surface area contributed by atoms with Crippen molar-refractivity contribution in [3.8, 4) is 16.9 Å². The number of nitrogens with zero attached hydrogens (tertiary/aromatic N) is 2. The molecule has 2 N–H and O–H groups in total. The molecule has 5 nitrogen and oxygen atoms in total. The van der Waals surface area contributed by atoms with Crippen LogP contribution in [0.3, 0.4) is 0 Å². The maximum Gasteiger partial charge on any atom is 0.331 e. The maximum atomic E-state index is 11.5. The highest BCUT2D eigenvalue weighted by Gasteiger charge is 2.07. The molecule has 0 atom stereocenters. The molecule has 0 saturated heterocycles. The van der Waals surface area contributed by atoms with Crippen molar-refractivity contribution in [1.82, 2.24) is 14.4 Å². The third-order valence-electron chi connectivity index (χ3n) is 2.60. The number of aromatic amines is 1. The van der Waals surface area contributed by atoms with E-state index in [0.29, 0.717) is 5.65 Å². The van der Waals surface area contributed by atoms with Gasteiger partial charge in [0.1, 0.15) is 11.4 Å². The lowest BCUT2D eigenvalue weighted by atomic mass is 10.1. The second kappa shape index (κ2) is 3.48. The number of aromatic hydroxyl groups is 1. The van der Waals surface area contributed by atoms with Crippen LogP contribution in [0.1, 0.15) is 0 Å². The predicted molar refractivity (Wildman–Crippen MR) is 62.9 cm³/mol. The second-order valence-corrected chi connectivity index (χ2v) is 3.68. The van der Waals surface area contributed by atoms with E-state index < -0.39 is 0 Å². The SMILES string of the molecule is O=c1[nH]cc(-c2cccc(O)c2)c2nccn12. The summed E-state index contributed by atoms with van der Waals surface area (Å²) < 4.78 is 1.43. The molecule has 3 aromatic rings. The van der Waals surface area contributed by atoms with Crippen molar-refractivity contribution in [3.05, 3.63) is 53.3 Å². The van der Waals surface area contributed by atoms with Gasteiger partial charge in [-0.05, 0) is 17.7 Å². The smallest absolute Gasteiger partial charge is 0.331 e. The molecule has 1 aromatic carbocycles. The van der Waals surface area contributed by atoms with Gasteiger partial charge in [0.15, 0.2) is 0 Å². The number of aromatic nitrogens is 3. The summed E-state index contributed by atoms with van der Waals surface area (Å²) in [5.41, 5.74) is 1.91. The molecule has 0 aliphatic rings. The molecular formula is C12H9N3O2. The quantitative estimate of drug-likeness (QED) is 0.660. The van der Waals surface area contributed by atoms with Crippen LogP contribution in [0, 0.1) is 0 Å². The Kier molecular flexibility index (Phi) is 1.98. The minimum absolute atomic E-state index is 0.179. The fourth-order valence-electron chi connectivity index (χ4n) is 1.82. The van der Waals surface area contributed by atoms with Crippen LogP contribution in [0.5, 0.6) is 5.75 Å². The van der Waals surface area contributed by atoms with Gasteiger partial charge in [0, 0.05) is 24.2 Å². The summed E-state index contributed by atoms with van der Waals surface area (Å²) in [6.07, 6.45) is 4.76. The monoisotopic (exact) mass is 227 g/mol. The van der Waals surface area contributed by atoms with E-state index in [0.717, 1.165) is 11.1 Å². The van der Waals surface area contributed by atoms with Crippen LogP contribution in [0.2, 0.25) is 0 Å². The number of phenols is 1. The van der Waals surface area contributed by atoms with E-state index in [2.05, 4.69) is 9.97 Å². The minimum atomic E-state index is -0.235. The summed E-state index contributed by atoms with van der Waals surface area (Å²) >= 11 is 0. The van der Waals surface area contributed by atoms with Gasteiger partial charge in [-0.1, -0.05) is 12.1 Å². The number of phenolic OH excluding ortho intramolecular Hbond substituents is 1. The Morgan fingerprint density at radius 1 is 1.35 bits per heavy atom. The van der Waals surface area contributed by atoms with Crippen LogP contribution in [0.15, 0.2) is 47.7 Å². The lowest BCUT2D eigenvalue weighted by Gasteiger charge is -2.03. The molecule has 0 fully saturated rings. The largest absolute Gasteiger partial charge is 0.508 e. The van der Waals surface area contributed by atoms with Gasteiger partial charge in [0.05, 0.1) is 0 Å². The fraction of sp³-hybridized carbons (Fsp3) is 0. The average molecular weight is 227 g/mol. The Morgan fingerprint density at radius 2 is 2.24 bits per heavy atom. The molecule has 84 valence electrons. The summed E-state index contributed by atoms with van der Waals surface area (Å²) in [7, 11) is 0. The molecule has 17 heavy (non-hydrogen) atoms. The number of H-pyrrole nitrogens is 1. The molecule has 2 aromatic heterocycles. The summed E-state index contributed by atoms with van der Waals surface area (Å²) in [6, 6.07) is 6.82. The fourth-order valence-corrected chi connectivity index (χ4v) is 1.82. The van der Waals surface area contributed by atoms with Crippen LogP contribution in [-0.4, -0.2) is 19.5 Å². The van der Waals surface area contributed by atoms with Crippen molar-refractivity contribution in [1.29, 1.82) is 0 Å². The van der Waals surface area contributed by atoms with Gasteiger partial charge in [-0.3, -0.25) is 4.40 Å². The number of rotatable bonds is 1. The lowest BCUT2D eigenvalue weighted by molar-refractivity contribution is 0.475. The van der Waals surface area contributed by atoms with Crippen LogP contribution in [0.25, 0.3) is 16.8 Å². The standard InChI is InChI=1S/C12H9N3O2/c16-9-3-1-2-8(6-9)10-7-14-12(17)15-5-4-13-11(10)15/h1-7,16H,(H,14,17). The van der Waals surface area contributed by atoms with Gasteiger partial charge in [-0.15, -0.1) is 0 Å². The molecule has 0 unspecified atom stereocenters. The Morgan fingerprint density at radius 3 is 3.06 bits per heavy atom. The molecule has 0 radical (unpaired) electrons. The highest BCUT2D eigenvalue weighted by Crippen LogP contribution is 2.24. The van der Waals surface area contributed by atoms with Gasteiger partial charge in [0.25, 0.3) is 0 Å². The molecule has 0 bridgehead atoms. The Balaban J connectivity index is 2.35. The van der Waals surface area contributed by atoms with Crippen molar-refractivity contribution in [2.45, 2.75) is 0 Å². The third kappa shape index (κ3) is 1.48. The summed E-state index contributed by atoms with van der Waals surface area (Å²) in [5, 5.41) is 9.45. The lowest BCUT2D eigenvalue weighted by Crippen LogP contribution is -2.15. The van der Waals surface area contributed by atoms with E-state index in [1.165, 1.54) is 4.40 Å². The van der Waals surface area contributed by atoms with Gasteiger partial charge in [-0.25, -0.2) is 9.78 Å². The second-order valence-electron chi connectivity index (χ2n) is 3.68. The van der Waals surface area contributed by atoms with E-state index in [-0.39, 0.29) is 11.4 Å². The summed E-state index contributed by atoms with van der Waals surface area (Å²) in [5.74, 6) is 0.179. The Hall–Kier alpha value is -2.56. The first-order chi connectivity index (χ1) is 8.25. The van der Waals surface area contributed by atoms with Crippen molar-refractivity contribution in [2.75, 3.05) is 0 Å². The molecular weight excluding hydrogens is 218 g/mol. The predicted octanol–water partition coefficient (Wildman–Crippen LogP) is 1.40. The topological polar surface area (TPSA) is 70.4 Å². The number of fused-ring (bicyclic) bond motifs is 1. The van der Waals surface area contributed by atoms with Crippen LogP contribution >= 0.6 is 0 Å². The van der Waals surface area contributed by atoms with Gasteiger partial charge in [0.2, 0.25) is 0 Å². The molecule has 0 spiro atoms. The van der Waals surface area contributed by atoms with Crippen LogP contribution in [-0.2, 0) is 0 Å². The number of nitrogens with one attached hydrogen (secondary N) is 1. The molecule has 2 heterocycles. The zero-order valence-electron chi connectivity index (χ0n) is 8.79. The molecule has 5 heteroatoms. The highest BCUT2D eigenvalue weighted by molar-refractivity contribution is 5.77. The number of hydrogen-bond donors (Lipinski definition) is 2. The first-order valence-corrected chi connectivity index (χ1v) is 5.10. The minimum Gasteiger partial charge on any atom is -0.508 e. The van der Waals surface area contributed by atoms with E-state index >= 15 is 0 Å². The van der Waals surface area contributed by atoms with Crippen LogP contribution < -0.4 is 5.69 Å². The van der Waals surface area contributed by atoms with Gasteiger partial charge < -0.3 is 10.1 Å². The molecule has 0 saturated carbocycles. The summed E-state index contributed by atoms with van der Waals surface area (Å²) in [6.45, 7) is 0. The van der Waals surface area contributed by atoms with Crippen molar-refractivity contribution < 1.29 is 5.11 Å². The first-order valence-electron chi connectivity index (χ1n) is 5.10. The van der Waals surface area contributed by atoms with Crippen molar-refractivity contribution in [3.63, 3.8) is 0 Å². The number of benzene rings is 1.